The van der Waals surface area contributed by atoms with Crippen LogP contribution in [-0.2, 0) is 11.3 Å². The fourth-order valence-electron chi connectivity index (χ4n) is 2.26. The lowest BCUT2D eigenvalue weighted by atomic mass is 10.00. The van der Waals surface area contributed by atoms with Gasteiger partial charge in [-0.15, -0.1) is 0 Å². The number of carboxylic acid groups (broad SMARTS) is 1. The molecule has 0 bridgehead atoms. The Bertz CT molecular complexity index is 763. The average molecular weight is 328 g/mol. The minimum Gasteiger partial charge on any atom is -0.477 e. The molecule has 0 radical (unpaired) electrons. The summed E-state index contributed by atoms with van der Waals surface area (Å²) in [5.41, 5.74) is 1.29. The van der Waals surface area contributed by atoms with E-state index in [1.807, 2.05) is 19.9 Å². The molecule has 1 aromatic heterocycles. The lowest BCUT2D eigenvalue weighted by Crippen LogP contribution is -2.36. The number of alkyl halides is 3. The number of aromatic carboxylic acids is 1. The lowest BCUT2D eigenvalue weighted by Gasteiger charge is -2.09. The summed E-state index contributed by atoms with van der Waals surface area (Å²) in [6, 6.07) is 5.21. The second-order valence-electron chi connectivity index (χ2n) is 5.42. The minimum atomic E-state index is -5.02. The highest BCUT2D eigenvalue weighted by Crippen LogP contribution is 2.27. The average Bonchev–Trinajstić information content (AvgIpc) is 2.81. The fourth-order valence-corrected chi connectivity index (χ4v) is 2.26. The third-order valence-electron chi connectivity index (χ3n) is 3.49. The van der Waals surface area contributed by atoms with Crippen LogP contribution in [0.5, 0.6) is 0 Å². The molecule has 0 aliphatic heterocycles. The van der Waals surface area contributed by atoms with Crippen LogP contribution >= 0.6 is 0 Å². The molecule has 1 aromatic carbocycles. The second kappa shape index (κ2) is 5.94. The summed E-state index contributed by atoms with van der Waals surface area (Å²) < 4.78 is 36.9. The molecule has 0 fully saturated rings. The molecule has 2 aromatic rings. The van der Waals surface area contributed by atoms with Crippen molar-refractivity contribution in [2.24, 2.45) is 0 Å². The zero-order chi connectivity index (χ0) is 17.4. The molecule has 1 amide bonds. The van der Waals surface area contributed by atoms with Gasteiger partial charge in [-0.05, 0) is 23.6 Å². The zero-order valence-electron chi connectivity index (χ0n) is 12.4. The number of nitrogens with one attached hydrogen (secondary N) is 2. The fraction of sp³-hybridized carbons (Fsp3) is 0.333. The van der Waals surface area contributed by atoms with Gasteiger partial charge in [0.15, 0.2) is 0 Å². The van der Waals surface area contributed by atoms with Crippen LogP contribution in [-0.4, -0.2) is 28.1 Å². The van der Waals surface area contributed by atoms with Gasteiger partial charge in [0, 0.05) is 23.0 Å². The summed E-state index contributed by atoms with van der Waals surface area (Å²) in [6.07, 6.45) is -5.02. The van der Waals surface area contributed by atoms with Crippen molar-refractivity contribution in [2.75, 3.05) is 0 Å². The minimum absolute atomic E-state index is 0.118. The number of carboxylic acids is 1. The van der Waals surface area contributed by atoms with Gasteiger partial charge in [-0.1, -0.05) is 19.9 Å². The van der Waals surface area contributed by atoms with Gasteiger partial charge in [-0.2, -0.15) is 13.2 Å². The Labute approximate surface area is 129 Å². The number of benzene rings is 1. The van der Waals surface area contributed by atoms with Crippen molar-refractivity contribution in [1.29, 1.82) is 0 Å². The van der Waals surface area contributed by atoms with Gasteiger partial charge in [-0.3, -0.25) is 4.79 Å². The van der Waals surface area contributed by atoms with E-state index in [1.54, 1.807) is 17.4 Å². The number of fused-ring (bicyclic) bond motifs is 1. The molecule has 3 N–H and O–H groups in total. The number of halogens is 3. The first-order valence-corrected chi connectivity index (χ1v) is 6.84. The normalized spacial score (nSPS) is 11.9. The SMILES string of the molecule is CC(C)c1ccc2[nH]c(C(=O)O)c(CNC(=O)C(F)(F)F)c2c1. The molecular weight excluding hydrogens is 313 g/mol. The first-order chi connectivity index (χ1) is 10.6. The van der Waals surface area contributed by atoms with Gasteiger partial charge in [-0.25, -0.2) is 4.79 Å². The molecule has 0 atom stereocenters. The molecule has 0 aliphatic rings. The number of amides is 1. The number of H-pyrrole nitrogens is 1. The van der Waals surface area contributed by atoms with E-state index in [0.717, 1.165) is 5.56 Å². The van der Waals surface area contributed by atoms with E-state index in [2.05, 4.69) is 4.98 Å². The summed E-state index contributed by atoms with van der Waals surface area (Å²) >= 11 is 0. The number of carbonyl (C=O) groups excluding carboxylic acids is 1. The third kappa shape index (κ3) is 3.46. The maximum absolute atomic E-state index is 12.3. The smallest absolute Gasteiger partial charge is 0.471 e. The summed E-state index contributed by atoms with van der Waals surface area (Å²) in [5.74, 6) is -3.24. The molecule has 0 aliphatic carbocycles. The van der Waals surface area contributed by atoms with Crippen molar-refractivity contribution in [3.05, 3.63) is 35.0 Å². The Morgan fingerprint density at radius 3 is 2.48 bits per heavy atom. The van der Waals surface area contributed by atoms with Gasteiger partial charge in [0.1, 0.15) is 5.69 Å². The topological polar surface area (TPSA) is 82.2 Å². The van der Waals surface area contributed by atoms with Crippen LogP contribution in [0, 0.1) is 0 Å². The van der Waals surface area contributed by atoms with E-state index in [-0.39, 0.29) is 17.2 Å². The number of carbonyl (C=O) groups is 2. The predicted octanol–water partition coefficient (Wildman–Crippen LogP) is 3.17. The molecule has 124 valence electrons. The van der Waals surface area contributed by atoms with Gasteiger partial charge in [0.2, 0.25) is 0 Å². The monoisotopic (exact) mass is 328 g/mol. The Kier molecular flexibility index (Phi) is 4.35. The summed E-state index contributed by atoms with van der Waals surface area (Å²) in [5, 5.41) is 11.4. The van der Waals surface area contributed by atoms with Crippen molar-refractivity contribution in [3.8, 4) is 0 Å². The van der Waals surface area contributed by atoms with Crippen LogP contribution in [0.1, 0.15) is 41.4 Å². The highest BCUT2D eigenvalue weighted by molar-refractivity contribution is 5.98. The maximum Gasteiger partial charge on any atom is 0.471 e. The number of rotatable bonds is 4. The zero-order valence-corrected chi connectivity index (χ0v) is 12.4. The highest BCUT2D eigenvalue weighted by Gasteiger charge is 2.38. The standard InChI is InChI=1S/C15H15F3N2O3/c1-7(2)8-3-4-11-9(5-8)10(12(20-11)13(21)22)6-19-14(23)15(16,17)18/h3-5,7,20H,6H2,1-2H3,(H,19,23)(H,21,22). The van der Waals surface area contributed by atoms with Crippen molar-refractivity contribution in [3.63, 3.8) is 0 Å². The Balaban J connectivity index is 2.46. The Hall–Kier alpha value is -2.51. The molecule has 0 unspecified atom stereocenters. The van der Waals surface area contributed by atoms with Crippen LogP contribution < -0.4 is 5.32 Å². The number of aromatic nitrogens is 1. The van der Waals surface area contributed by atoms with Crippen molar-refractivity contribution in [1.82, 2.24) is 10.3 Å². The van der Waals surface area contributed by atoms with Gasteiger partial charge < -0.3 is 15.4 Å². The molecule has 2 rings (SSSR count). The summed E-state index contributed by atoms with van der Waals surface area (Å²) in [6.45, 7) is 3.36. The molecular formula is C15H15F3N2O3. The molecule has 5 nitrogen and oxygen atoms in total. The van der Waals surface area contributed by atoms with Crippen LogP contribution in [0.4, 0.5) is 13.2 Å². The largest absolute Gasteiger partial charge is 0.477 e. The Morgan fingerprint density at radius 1 is 1.30 bits per heavy atom. The summed E-state index contributed by atoms with van der Waals surface area (Å²) in [4.78, 5) is 24.9. The summed E-state index contributed by atoms with van der Waals surface area (Å²) in [7, 11) is 0. The lowest BCUT2D eigenvalue weighted by molar-refractivity contribution is -0.173. The van der Waals surface area contributed by atoms with Crippen LogP contribution in [0.2, 0.25) is 0 Å². The number of aromatic amines is 1. The van der Waals surface area contributed by atoms with Crippen molar-refractivity contribution < 1.29 is 27.9 Å². The second-order valence-corrected chi connectivity index (χ2v) is 5.42. The van der Waals surface area contributed by atoms with E-state index in [4.69, 9.17) is 0 Å². The molecule has 23 heavy (non-hydrogen) atoms. The van der Waals surface area contributed by atoms with Crippen LogP contribution in [0.3, 0.4) is 0 Å². The van der Waals surface area contributed by atoms with Gasteiger partial charge in [0.05, 0.1) is 0 Å². The van der Waals surface area contributed by atoms with E-state index < -0.39 is 24.6 Å². The first-order valence-electron chi connectivity index (χ1n) is 6.84. The molecule has 0 saturated carbocycles. The van der Waals surface area contributed by atoms with Crippen molar-refractivity contribution in [2.45, 2.75) is 32.5 Å². The van der Waals surface area contributed by atoms with Crippen LogP contribution in [0.15, 0.2) is 18.2 Å². The first kappa shape index (κ1) is 16.9. The van der Waals surface area contributed by atoms with Gasteiger partial charge >= 0.3 is 18.1 Å². The molecule has 0 spiro atoms. The predicted molar refractivity (Wildman–Crippen MR) is 77.2 cm³/mol. The van der Waals surface area contributed by atoms with Crippen molar-refractivity contribution >= 4 is 22.8 Å². The highest BCUT2D eigenvalue weighted by atomic mass is 19.4. The molecule has 0 saturated heterocycles. The number of hydrogen-bond donors (Lipinski definition) is 3. The van der Waals surface area contributed by atoms with Gasteiger partial charge in [0.25, 0.3) is 0 Å². The maximum atomic E-state index is 12.3. The van der Waals surface area contributed by atoms with Crippen LogP contribution in [0.25, 0.3) is 10.9 Å². The van der Waals surface area contributed by atoms with E-state index in [0.29, 0.717) is 10.9 Å². The number of hydrogen-bond acceptors (Lipinski definition) is 2. The Morgan fingerprint density at radius 2 is 1.96 bits per heavy atom. The third-order valence-corrected chi connectivity index (χ3v) is 3.49. The quantitative estimate of drug-likeness (QED) is 0.806. The van der Waals surface area contributed by atoms with E-state index >= 15 is 0 Å². The van der Waals surface area contributed by atoms with E-state index in [1.165, 1.54) is 0 Å². The molecule has 8 heteroatoms. The van der Waals surface area contributed by atoms with E-state index in [9.17, 15) is 27.9 Å². The molecule has 1 heterocycles.